The number of amides is 2. The third kappa shape index (κ3) is 8.52. The number of nitrogens with one attached hydrogen (secondary N) is 3. The molecule has 10 nitrogen and oxygen atoms in total. The number of ether oxygens (including phenoxy) is 2. The van der Waals surface area contributed by atoms with Crippen LogP contribution >= 0.6 is 0 Å². The lowest BCUT2D eigenvalue weighted by molar-refractivity contribution is -0.137. The molecular weight excluding hydrogens is 613 g/mol. The number of carbonyl (C=O) groups excluding carboxylic acids is 2. The molecule has 1 saturated heterocycles. The molecular formula is C34H41F3N6O4. The summed E-state index contributed by atoms with van der Waals surface area (Å²) >= 11 is 0. The van der Waals surface area contributed by atoms with Gasteiger partial charge in [0.25, 0.3) is 0 Å². The Hall–Kier alpha value is -4.81. The van der Waals surface area contributed by atoms with Gasteiger partial charge in [-0.3, -0.25) is 4.79 Å². The number of hydrogen-bond donors (Lipinski definition) is 3. The molecule has 13 heteroatoms. The molecule has 3 N–H and O–H groups in total. The normalized spacial score (nSPS) is 17.6. The average molecular weight is 655 g/mol. The molecule has 0 bridgehead atoms. The minimum Gasteiger partial charge on any atom is -0.495 e. The molecule has 3 heterocycles. The number of halogens is 3. The number of anilines is 3. The van der Waals surface area contributed by atoms with E-state index in [9.17, 15) is 22.8 Å². The number of benzene rings is 1. The summed E-state index contributed by atoms with van der Waals surface area (Å²) in [4.78, 5) is 34.6. The highest BCUT2D eigenvalue weighted by Crippen LogP contribution is 2.37. The summed E-state index contributed by atoms with van der Waals surface area (Å²) in [5, 5.41) is 8.59. The Balaban J connectivity index is 1.57. The Morgan fingerprint density at radius 1 is 1.23 bits per heavy atom. The van der Waals surface area contributed by atoms with Gasteiger partial charge in [0.2, 0.25) is 11.9 Å². The Bertz CT molecular complexity index is 1620. The molecule has 0 unspecified atom stereocenters. The molecule has 0 radical (unpaired) electrons. The van der Waals surface area contributed by atoms with Crippen LogP contribution in [0.1, 0.15) is 52.2 Å². The minimum absolute atomic E-state index is 0.0317. The summed E-state index contributed by atoms with van der Waals surface area (Å²) < 4.78 is 53.1. The van der Waals surface area contributed by atoms with Gasteiger partial charge in [0, 0.05) is 32.4 Å². The third-order valence-corrected chi connectivity index (χ3v) is 7.79. The highest BCUT2D eigenvalue weighted by atomic mass is 19.4. The van der Waals surface area contributed by atoms with Crippen LogP contribution in [0, 0.1) is 5.41 Å². The van der Waals surface area contributed by atoms with Gasteiger partial charge in [-0.1, -0.05) is 36.9 Å². The lowest BCUT2D eigenvalue weighted by atomic mass is 9.83. The van der Waals surface area contributed by atoms with Gasteiger partial charge in [0.1, 0.15) is 22.7 Å². The molecule has 0 atom stereocenters. The summed E-state index contributed by atoms with van der Waals surface area (Å²) in [6.07, 6.45) is 3.12. The molecule has 4 rings (SSSR count). The fraction of sp³-hybridized carbons (Fsp3) is 0.412. The van der Waals surface area contributed by atoms with Gasteiger partial charge in [0.15, 0.2) is 0 Å². The van der Waals surface area contributed by atoms with E-state index < -0.39 is 28.6 Å². The Kier molecular flexibility index (Phi) is 10.4. The Labute approximate surface area is 272 Å². The fourth-order valence-corrected chi connectivity index (χ4v) is 5.21. The molecule has 0 aliphatic carbocycles. The second kappa shape index (κ2) is 13.9. The first-order chi connectivity index (χ1) is 22.0. The average Bonchev–Trinajstić information content (AvgIpc) is 3.27. The Morgan fingerprint density at radius 3 is 2.55 bits per heavy atom. The molecule has 0 spiro atoms. The molecule has 1 aromatic heterocycles. The number of hydrogen-bond acceptors (Lipinski definition) is 8. The van der Waals surface area contributed by atoms with Crippen molar-refractivity contribution in [3.63, 3.8) is 0 Å². The number of aromatic nitrogens is 2. The number of rotatable bonds is 9. The summed E-state index contributed by atoms with van der Waals surface area (Å²) in [5.41, 5.74) is 1.28. The van der Waals surface area contributed by atoms with E-state index in [4.69, 9.17) is 9.47 Å². The number of carbonyl (C=O) groups is 2. The van der Waals surface area contributed by atoms with E-state index in [-0.39, 0.29) is 31.0 Å². The summed E-state index contributed by atoms with van der Waals surface area (Å²) in [6, 6.07) is 5.40. The van der Waals surface area contributed by atoms with Crippen LogP contribution < -0.4 is 20.7 Å². The van der Waals surface area contributed by atoms with Gasteiger partial charge in [-0.15, -0.1) is 0 Å². The van der Waals surface area contributed by atoms with Crippen molar-refractivity contribution in [2.45, 2.75) is 52.8 Å². The maximum absolute atomic E-state index is 14.0. The molecule has 47 heavy (non-hydrogen) atoms. The lowest BCUT2D eigenvalue weighted by Crippen LogP contribution is -2.39. The third-order valence-electron chi connectivity index (χ3n) is 7.79. The van der Waals surface area contributed by atoms with Crippen molar-refractivity contribution in [2.75, 3.05) is 43.9 Å². The van der Waals surface area contributed by atoms with Crippen LogP contribution in [0.25, 0.3) is 5.57 Å². The quantitative estimate of drug-likeness (QED) is 0.251. The molecule has 0 saturated carbocycles. The van der Waals surface area contributed by atoms with Crippen molar-refractivity contribution in [3.05, 3.63) is 77.6 Å². The topological polar surface area (TPSA) is 118 Å². The van der Waals surface area contributed by atoms with Crippen molar-refractivity contribution < 1.29 is 32.2 Å². The second-order valence-corrected chi connectivity index (χ2v) is 12.7. The zero-order valence-electron chi connectivity index (χ0n) is 27.5. The maximum Gasteiger partial charge on any atom is 0.421 e. The molecule has 2 amide bonds. The zero-order valence-corrected chi connectivity index (χ0v) is 27.5. The number of allylic oxidation sites excluding steroid dienone is 2. The standard InChI is InChI=1S/C34H41F3N6O4/c1-8-9-10-23(24-19-39-29(44)33(24,5)6)18-38-28-25(34(35,36)37)20-40-30(42-28)41-26-12-11-22(17-27(26)46-7)21-13-15-43(16-14-21)31(45)47-32(2,3)4/h8-13,17,20H,1,14-16,18-19H2,2-7H3,(H,39,44)(H2,38,40,41,42)/b10-9-,24-23-. The van der Waals surface area contributed by atoms with E-state index in [0.29, 0.717) is 36.5 Å². The number of methoxy groups -OCH3 is 1. The second-order valence-electron chi connectivity index (χ2n) is 12.7. The monoisotopic (exact) mass is 654 g/mol. The molecule has 2 aliphatic heterocycles. The van der Waals surface area contributed by atoms with Crippen LogP contribution in [0.4, 0.5) is 35.4 Å². The van der Waals surface area contributed by atoms with Crippen molar-refractivity contribution in [1.29, 1.82) is 0 Å². The number of alkyl halides is 3. The van der Waals surface area contributed by atoms with Crippen LogP contribution in [0.3, 0.4) is 0 Å². The van der Waals surface area contributed by atoms with E-state index >= 15 is 0 Å². The summed E-state index contributed by atoms with van der Waals surface area (Å²) in [5.74, 6) is -0.236. The van der Waals surface area contributed by atoms with Gasteiger partial charge >= 0.3 is 12.3 Å². The van der Waals surface area contributed by atoms with Crippen molar-refractivity contribution in [1.82, 2.24) is 20.2 Å². The van der Waals surface area contributed by atoms with Crippen LogP contribution in [0.5, 0.6) is 5.75 Å². The SMILES string of the molecule is C=C/C=C\C(CNc1nc(Nc2ccc(C3=CCN(C(=O)OC(C)(C)C)CC3)cc2OC)ncc1C(F)(F)F)=C1/CNC(=O)C1(C)C. The molecule has 1 aromatic carbocycles. The van der Waals surface area contributed by atoms with Crippen LogP contribution in [-0.4, -0.2) is 65.8 Å². The maximum atomic E-state index is 14.0. The summed E-state index contributed by atoms with van der Waals surface area (Å²) in [6.45, 7) is 13.8. The van der Waals surface area contributed by atoms with E-state index in [0.717, 1.165) is 22.9 Å². The summed E-state index contributed by atoms with van der Waals surface area (Å²) in [7, 11) is 1.49. The van der Waals surface area contributed by atoms with E-state index in [1.165, 1.54) is 7.11 Å². The van der Waals surface area contributed by atoms with E-state index in [1.54, 1.807) is 43.0 Å². The van der Waals surface area contributed by atoms with E-state index in [2.05, 4.69) is 32.5 Å². The first-order valence-corrected chi connectivity index (χ1v) is 15.1. The number of nitrogens with zero attached hydrogens (tertiary/aromatic N) is 3. The predicted molar refractivity (Wildman–Crippen MR) is 175 cm³/mol. The minimum atomic E-state index is -4.72. The van der Waals surface area contributed by atoms with E-state index in [1.807, 2.05) is 39.0 Å². The molecule has 1 fully saturated rings. The van der Waals surface area contributed by atoms with Crippen LogP contribution in [0.2, 0.25) is 0 Å². The highest BCUT2D eigenvalue weighted by Gasteiger charge is 2.39. The van der Waals surface area contributed by atoms with Gasteiger partial charge in [-0.05, 0) is 75.5 Å². The molecule has 2 aliphatic rings. The van der Waals surface area contributed by atoms with Crippen molar-refractivity contribution in [2.24, 2.45) is 5.41 Å². The first-order valence-electron chi connectivity index (χ1n) is 15.1. The highest BCUT2D eigenvalue weighted by molar-refractivity contribution is 5.89. The largest absolute Gasteiger partial charge is 0.495 e. The van der Waals surface area contributed by atoms with Gasteiger partial charge < -0.3 is 30.3 Å². The molecule has 2 aromatic rings. The van der Waals surface area contributed by atoms with Crippen LogP contribution in [-0.2, 0) is 15.7 Å². The Morgan fingerprint density at radius 2 is 1.98 bits per heavy atom. The molecule has 252 valence electrons. The van der Waals surface area contributed by atoms with Crippen molar-refractivity contribution >= 4 is 35.0 Å². The zero-order chi connectivity index (χ0) is 34.6. The predicted octanol–water partition coefficient (Wildman–Crippen LogP) is 6.88. The van der Waals surface area contributed by atoms with Gasteiger partial charge in [-0.2, -0.15) is 18.2 Å². The van der Waals surface area contributed by atoms with Gasteiger partial charge in [-0.25, -0.2) is 9.78 Å². The lowest BCUT2D eigenvalue weighted by Gasteiger charge is -2.29. The van der Waals surface area contributed by atoms with Gasteiger partial charge in [0.05, 0.1) is 18.2 Å². The van der Waals surface area contributed by atoms with Crippen molar-refractivity contribution in [3.8, 4) is 5.75 Å². The van der Waals surface area contributed by atoms with Crippen LogP contribution in [0.15, 0.2) is 66.4 Å². The first kappa shape index (κ1) is 35.1. The smallest absolute Gasteiger partial charge is 0.421 e. The fourth-order valence-electron chi connectivity index (χ4n) is 5.21.